The number of hydrogen-bond acceptors (Lipinski definition) is 4. The monoisotopic (exact) mass is 701 g/mol. The van der Waals surface area contributed by atoms with E-state index in [4.69, 9.17) is 11.6 Å². The van der Waals surface area contributed by atoms with Crippen molar-refractivity contribution in [2.45, 2.75) is 94.7 Å². The molecule has 3 aromatic carbocycles. The summed E-state index contributed by atoms with van der Waals surface area (Å²) in [7, 11) is -3.85. The molecule has 5 fully saturated rings. The zero-order chi connectivity index (χ0) is 34.2. The summed E-state index contributed by atoms with van der Waals surface area (Å²) in [5, 5.41) is 3.69. The Morgan fingerprint density at radius 2 is 1.45 bits per heavy atom. The van der Waals surface area contributed by atoms with Gasteiger partial charge in [-0.3, -0.25) is 13.9 Å². The third-order valence-electron chi connectivity index (χ3n) is 11.8. The van der Waals surface area contributed by atoms with Crippen LogP contribution in [0, 0.1) is 17.8 Å². The Hall–Kier alpha value is -3.36. The van der Waals surface area contributed by atoms with E-state index >= 15 is 0 Å². The molecule has 7 nitrogen and oxygen atoms in total. The molecule has 1 atom stereocenters. The molecule has 0 heterocycles. The summed E-state index contributed by atoms with van der Waals surface area (Å²) in [6, 6.07) is 24.0. The molecular weight excluding hydrogens is 654 g/mol. The predicted octanol–water partition coefficient (Wildman–Crippen LogP) is 7.27. The molecular formula is C40H48ClN3O4S. The summed E-state index contributed by atoms with van der Waals surface area (Å²) in [5.74, 6) is 1.71. The maximum absolute atomic E-state index is 14.6. The van der Waals surface area contributed by atoms with Gasteiger partial charge in [0, 0.05) is 24.0 Å². The fourth-order valence-corrected chi connectivity index (χ4v) is 10.8. The Bertz CT molecular complexity index is 1720. The van der Waals surface area contributed by atoms with Gasteiger partial charge in [0.15, 0.2) is 0 Å². The first-order valence-corrected chi connectivity index (χ1v) is 20.2. The topological polar surface area (TPSA) is 86.8 Å². The van der Waals surface area contributed by atoms with Gasteiger partial charge in [-0.2, -0.15) is 0 Å². The van der Waals surface area contributed by atoms with Crippen molar-refractivity contribution in [2.75, 3.05) is 17.1 Å². The molecule has 5 aliphatic rings. The third kappa shape index (κ3) is 7.56. The first kappa shape index (κ1) is 34.1. The maximum Gasteiger partial charge on any atom is 0.244 e. The van der Waals surface area contributed by atoms with E-state index in [1.54, 1.807) is 6.07 Å². The van der Waals surface area contributed by atoms with Gasteiger partial charge in [-0.1, -0.05) is 85.1 Å². The fraction of sp³-hybridized carbons (Fsp3) is 0.500. The molecule has 49 heavy (non-hydrogen) atoms. The number of carbonyl (C=O) groups excluding carboxylic acids is 2. The molecule has 0 saturated heterocycles. The van der Waals surface area contributed by atoms with Crippen molar-refractivity contribution in [1.29, 1.82) is 0 Å². The van der Waals surface area contributed by atoms with Gasteiger partial charge in [-0.25, -0.2) is 8.42 Å². The summed E-state index contributed by atoms with van der Waals surface area (Å²) in [5.41, 5.74) is 3.53. The number of sulfonamides is 1. The minimum atomic E-state index is -3.85. The summed E-state index contributed by atoms with van der Waals surface area (Å²) in [6.07, 6.45) is 13.1. The van der Waals surface area contributed by atoms with E-state index in [9.17, 15) is 18.0 Å². The highest BCUT2D eigenvalue weighted by atomic mass is 35.5. The van der Waals surface area contributed by atoms with E-state index in [2.05, 4.69) is 17.4 Å². The lowest BCUT2D eigenvalue weighted by molar-refractivity contribution is -0.140. The average Bonchev–Trinajstić information content (AvgIpc) is 3.58. The molecule has 4 bridgehead atoms. The number of hydrogen-bond donors (Lipinski definition) is 1. The van der Waals surface area contributed by atoms with Gasteiger partial charge in [0.2, 0.25) is 21.8 Å². The van der Waals surface area contributed by atoms with Crippen LogP contribution in [0.25, 0.3) is 0 Å². The van der Waals surface area contributed by atoms with Gasteiger partial charge < -0.3 is 10.2 Å². The number of amides is 2. The second kappa shape index (κ2) is 14.1. The fourth-order valence-electron chi connectivity index (χ4n) is 9.79. The molecule has 2 amide bonds. The second-order valence-electron chi connectivity index (χ2n) is 15.3. The normalized spacial score (nSPS) is 25.2. The third-order valence-corrected chi connectivity index (χ3v) is 13.3. The van der Waals surface area contributed by atoms with Crippen LogP contribution in [0.15, 0.2) is 78.9 Å². The molecule has 0 spiro atoms. The minimum absolute atomic E-state index is 0.0584. The van der Waals surface area contributed by atoms with Crippen LogP contribution in [0.5, 0.6) is 0 Å². The van der Waals surface area contributed by atoms with Crippen LogP contribution < -0.4 is 9.62 Å². The maximum atomic E-state index is 14.6. The standard InChI is InChI=1S/C40H48ClN3O4S/c1-49(47,48)44(35-17-15-33(16-18-35)40-23-29-19-30(24-40)21-31(20-29)25-40)27-38(45)43(26-32-11-5-8-14-36(32)41)37(22-28-9-3-2-4-10-28)39(46)42-34-12-6-7-13-34/h2-5,8-11,14-18,29-31,34,37H,6-7,12-13,19-27H2,1H3,(H,42,46). The quantitative estimate of drug-likeness (QED) is 0.215. The summed E-state index contributed by atoms with van der Waals surface area (Å²) in [6.45, 7) is -0.362. The van der Waals surface area contributed by atoms with Gasteiger partial charge >= 0.3 is 0 Å². The number of rotatable bonds is 12. The molecule has 0 aromatic heterocycles. The van der Waals surface area contributed by atoms with Crippen molar-refractivity contribution in [2.24, 2.45) is 17.8 Å². The predicted molar refractivity (Wildman–Crippen MR) is 195 cm³/mol. The molecule has 1 unspecified atom stereocenters. The van der Waals surface area contributed by atoms with Crippen molar-refractivity contribution >= 4 is 39.1 Å². The summed E-state index contributed by atoms with van der Waals surface area (Å²) < 4.78 is 28.0. The Labute approximate surface area is 296 Å². The largest absolute Gasteiger partial charge is 0.352 e. The number of halogens is 1. The number of nitrogens with one attached hydrogen (secondary N) is 1. The molecule has 8 rings (SSSR count). The van der Waals surface area contributed by atoms with Crippen LogP contribution in [-0.2, 0) is 38.0 Å². The van der Waals surface area contributed by atoms with E-state index in [-0.39, 0.29) is 30.3 Å². The lowest BCUT2D eigenvalue weighted by Crippen LogP contribution is -2.54. The molecule has 3 aromatic rings. The number of carbonyl (C=O) groups is 2. The van der Waals surface area contributed by atoms with E-state index in [0.29, 0.717) is 16.3 Å². The van der Waals surface area contributed by atoms with E-state index < -0.39 is 28.5 Å². The van der Waals surface area contributed by atoms with Gasteiger partial charge in [0.1, 0.15) is 12.6 Å². The van der Waals surface area contributed by atoms with Crippen molar-refractivity contribution < 1.29 is 18.0 Å². The van der Waals surface area contributed by atoms with Crippen molar-refractivity contribution in [3.8, 4) is 0 Å². The molecule has 5 saturated carbocycles. The lowest BCUT2D eigenvalue weighted by Gasteiger charge is -2.57. The highest BCUT2D eigenvalue weighted by molar-refractivity contribution is 7.92. The van der Waals surface area contributed by atoms with Crippen LogP contribution in [0.3, 0.4) is 0 Å². The number of nitrogens with zero attached hydrogens (tertiary/aromatic N) is 2. The van der Waals surface area contributed by atoms with Crippen LogP contribution in [-0.4, -0.2) is 50.0 Å². The first-order chi connectivity index (χ1) is 23.6. The average molecular weight is 702 g/mol. The van der Waals surface area contributed by atoms with Gasteiger partial charge in [0.05, 0.1) is 11.9 Å². The molecule has 1 N–H and O–H groups in total. The smallest absolute Gasteiger partial charge is 0.244 e. The molecule has 0 aliphatic heterocycles. The van der Waals surface area contributed by atoms with Gasteiger partial charge in [-0.15, -0.1) is 0 Å². The Morgan fingerprint density at radius 3 is 2.04 bits per heavy atom. The van der Waals surface area contributed by atoms with E-state index in [0.717, 1.165) is 55.3 Å². The zero-order valence-corrected chi connectivity index (χ0v) is 30.0. The SMILES string of the molecule is CS(=O)(=O)N(CC(=O)N(Cc1ccccc1Cl)C(Cc1ccccc1)C(=O)NC1CCCC1)c1ccc(C23CC4CC(CC(C4)C2)C3)cc1. The van der Waals surface area contributed by atoms with Gasteiger partial charge in [0.25, 0.3) is 0 Å². The first-order valence-electron chi connectivity index (χ1n) is 18.0. The molecule has 0 radical (unpaired) electrons. The second-order valence-corrected chi connectivity index (χ2v) is 17.6. The Morgan fingerprint density at radius 1 is 0.857 bits per heavy atom. The number of anilines is 1. The van der Waals surface area contributed by atoms with Crippen molar-refractivity contribution in [3.05, 3.63) is 101 Å². The lowest BCUT2D eigenvalue weighted by atomic mass is 9.48. The highest BCUT2D eigenvalue weighted by Crippen LogP contribution is 2.60. The van der Waals surface area contributed by atoms with Crippen LogP contribution in [0.1, 0.15) is 80.9 Å². The minimum Gasteiger partial charge on any atom is -0.352 e. The van der Waals surface area contributed by atoms with Crippen molar-refractivity contribution in [3.63, 3.8) is 0 Å². The zero-order valence-electron chi connectivity index (χ0n) is 28.4. The van der Waals surface area contributed by atoms with Crippen LogP contribution in [0.2, 0.25) is 5.02 Å². The summed E-state index contributed by atoms with van der Waals surface area (Å²) in [4.78, 5) is 30.2. The highest BCUT2D eigenvalue weighted by Gasteiger charge is 2.51. The molecule has 260 valence electrons. The van der Waals surface area contributed by atoms with Crippen molar-refractivity contribution in [1.82, 2.24) is 10.2 Å². The van der Waals surface area contributed by atoms with E-state index in [1.165, 1.54) is 53.3 Å². The number of benzene rings is 3. The molecule has 5 aliphatic carbocycles. The Balaban J connectivity index is 1.19. The molecule has 9 heteroatoms. The van der Waals surface area contributed by atoms with Gasteiger partial charge in [-0.05, 0) is 109 Å². The Kier molecular flexibility index (Phi) is 9.82. The summed E-state index contributed by atoms with van der Waals surface area (Å²) >= 11 is 6.61. The van der Waals surface area contributed by atoms with E-state index in [1.807, 2.05) is 60.7 Å². The van der Waals surface area contributed by atoms with Crippen LogP contribution in [0.4, 0.5) is 5.69 Å². The van der Waals surface area contributed by atoms with Crippen LogP contribution >= 0.6 is 11.6 Å².